The van der Waals surface area contributed by atoms with Crippen molar-refractivity contribution in [2.75, 3.05) is 91.2 Å². The highest BCUT2D eigenvalue weighted by molar-refractivity contribution is 7.19. The predicted molar refractivity (Wildman–Crippen MR) is 369 cm³/mol. The van der Waals surface area contributed by atoms with Crippen molar-refractivity contribution in [3.8, 4) is 22.5 Å². The zero-order chi connectivity index (χ0) is 62.3. The molecule has 488 valence electrons. The van der Waals surface area contributed by atoms with Crippen LogP contribution in [0.2, 0.25) is 0 Å². The first-order valence-electron chi connectivity index (χ1n) is 33.7. The number of amides is 4. The van der Waals surface area contributed by atoms with Crippen molar-refractivity contribution < 1.29 is 28.7 Å². The first-order valence-corrected chi connectivity index (χ1v) is 35.9. The molecule has 2 aromatic carbocycles. The van der Waals surface area contributed by atoms with E-state index in [1.165, 1.54) is 123 Å². The van der Waals surface area contributed by atoms with Gasteiger partial charge in [-0.05, 0) is 230 Å². The number of nitrogens with one attached hydrogen (secondary N) is 3. The summed E-state index contributed by atoms with van der Waals surface area (Å²) < 4.78 is 10.7. The molecule has 90 heavy (non-hydrogen) atoms. The molecule has 0 atom stereocenters. The van der Waals surface area contributed by atoms with E-state index < -0.39 is 10.8 Å². The number of carbonyl (C=O) groups excluding carboxylic acids is 4. The Balaban J connectivity index is 0.000000156. The van der Waals surface area contributed by atoms with Gasteiger partial charge in [0.2, 0.25) is 23.6 Å². The fourth-order valence-electron chi connectivity index (χ4n) is 16.2. The second kappa shape index (κ2) is 28.4. The smallest absolute Gasteiger partial charge is 0.233 e. The Bertz CT molecular complexity index is 3420. The number of aromatic amines is 2. The summed E-state index contributed by atoms with van der Waals surface area (Å²) in [4.78, 5) is 75.7. The van der Waals surface area contributed by atoms with Crippen LogP contribution in [-0.2, 0) is 52.3 Å². The van der Waals surface area contributed by atoms with Crippen LogP contribution in [0.4, 0.5) is 0 Å². The average Bonchev–Trinajstić information content (AvgIpc) is 1.64. The quantitative estimate of drug-likeness (QED) is 0.0969. The van der Waals surface area contributed by atoms with E-state index in [1.54, 1.807) is 22.7 Å². The number of nitrogens with zero attached hydrogens (tertiary/aromatic N) is 5. The zero-order valence-corrected chi connectivity index (χ0v) is 57.9. The van der Waals surface area contributed by atoms with Crippen LogP contribution in [0.15, 0.2) is 48.5 Å². The molecule has 0 spiro atoms. The van der Waals surface area contributed by atoms with Gasteiger partial charge in [-0.2, -0.15) is 0 Å². The molecule has 18 heteroatoms. The van der Waals surface area contributed by atoms with Gasteiger partial charge in [0.25, 0.3) is 0 Å². The molecule has 3 N–H and O–H groups in total. The van der Waals surface area contributed by atoms with E-state index in [0.717, 1.165) is 112 Å². The molecule has 12 heterocycles. The molecule has 0 saturated carbocycles. The summed E-state index contributed by atoms with van der Waals surface area (Å²) in [5.41, 5.74) is 11.5. The van der Waals surface area contributed by atoms with E-state index >= 15 is 0 Å². The molecule has 14 rings (SSSR count). The molecule has 4 aromatic heterocycles. The summed E-state index contributed by atoms with van der Waals surface area (Å²) in [6.07, 6.45) is 15.0. The Morgan fingerprint density at radius 1 is 0.511 bits per heavy atom. The number of benzene rings is 2. The van der Waals surface area contributed by atoms with Crippen LogP contribution in [0.3, 0.4) is 0 Å². The van der Waals surface area contributed by atoms with E-state index in [1.807, 2.05) is 9.80 Å². The average molecular weight is 1310 g/mol. The Hall–Kier alpha value is -4.78. The topological polar surface area (TPSA) is 147 Å². The highest BCUT2D eigenvalue weighted by Gasteiger charge is 2.49. The van der Waals surface area contributed by atoms with E-state index in [4.69, 9.17) is 21.1 Å². The molecular formula is C72H98Cl2N8O6S2. The van der Waals surface area contributed by atoms with Crippen LogP contribution in [0.25, 0.3) is 42.9 Å². The van der Waals surface area contributed by atoms with E-state index in [0.29, 0.717) is 80.1 Å². The molecular weight excluding hydrogens is 1210 g/mol. The Morgan fingerprint density at radius 3 is 1.26 bits per heavy atom. The number of aromatic nitrogens is 2. The van der Waals surface area contributed by atoms with Crippen LogP contribution in [0.5, 0.6) is 0 Å². The van der Waals surface area contributed by atoms with Gasteiger partial charge in [0, 0.05) is 95.1 Å². The lowest BCUT2D eigenvalue weighted by Crippen LogP contribution is -2.47. The molecule has 8 aliphatic heterocycles. The number of halogens is 2. The van der Waals surface area contributed by atoms with E-state index in [9.17, 15) is 19.2 Å². The molecule has 0 aliphatic carbocycles. The van der Waals surface area contributed by atoms with Gasteiger partial charge >= 0.3 is 0 Å². The Morgan fingerprint density at radius 2 is 0.878 bits per heavy atom. The maximum atomic E-state index is 14.0. The fraction of sp³-hybridized carbons (Fsp3) is 0.611. The lowest BCUT2D eigenvalue weighted by Gasteiger charge is -2.35. The van der Waals surface area contributed by atoms with Crippen molar-refractivity contribution in [2.24, 2.45) is 11.8 Å². The largest absolute Gasteiger partial charge is 0.378 e. The zero-order valence-electron chi connectivity index (χ0n) is 54.7. The van der Waals surface area contributed by atoms with Gasteiger partial charge in [-0.25, -0.2) is 0 Å². The van der Waals surface area contributed by atoms with Crippen molar-refractivity contribution in [2.45, 2.75) is 180 Å². The molecule has 8 saturated heterocycles. The number of hydrogen-bond acceptors (Lipinski definition) is 10. The number of aryl methyl sites for hydroxylation is 5. The summed E-state index contributed by atoms with van der Waals surface area (Å²) >= 11 is 9.71. The maximum absolute atomic E-state index is 14.0. The summed E-state index contributed by atoms with van der Waals surface area (Å²) in [5, 5.41) is 5.76. The Labute approximate surface area is 553 Å². The second-order valence-electron chi connectivity index (χ2n) is 28.2. The van der Waals surface area contributed by atoms with Gasteiger partial charge in [0.05, 0.1) is 48.6 Å². The van der Waals surface area contributed by atoms with Crippen molar-refractivity contribution in [3.05, 3.63) is 91.7 Å². The van der Waals surface area contributed by atoms with Crippen molar-refractivity contribution in [1.82, 2.24) is 39.8 Å². The minimum atomic E-state index is -0.540. The van der Waals surface area contributed by atoms with E-state index in [-0.39, 0.29) is 24.2 Å². The number of H-pyrrole nitrogens is 2. The maximum Gasteiger partial charge on any atom is 0.233 e. The number of likely N-dealkylation sites (tertiary alicyclic amines) is 1. The van der Waals surface area contributed by atoms with Gasteiger partial charge in [-0.1, -0.05) is 34.4 Å². The van der Waals surface area contributed by atoms with Gasteiger partial charge < -0.3 is 49.3 Å². The van der Waals surface area contributed by atoms with Crippen LogP contribution in [-0.4, -0.2) is 173 Å². The molecule has 6 aromatic rings. The highest BCUT2D eigenvalue weighted by atomic mass is 35.5. The van der Waals surface area contributed by atoms with Gasteiger partial charge in [0.15, 0.2) is 0 Å². The monoisotopic (exact) mass is 1300 g/mol. The molecule has 8 fully saturated rings. The summed E-state index contributed by atoms with van der Waals surface area (Å²) in [7, 11) is 0. The number of ether oxygens (including phenoxy) is 2. The van der Waals surface area contributed by atoms with Crippen LogP contribution in [0, 0.1) is 39.5 Å². The lowest BCUT2D eigenvalue weighted by atomic mass is 9.88. The number of rotatable bonds is 13. The standard InChI is InChI=1S/C36H48N4O3S.C26H31ClN2OS.C10H18N2O2.ClH/c1-23-19-24(2)21-26(20-23)32-29(11-14-38-12-9-25(10-13-38)34(41)39-15-17-43-18-16-39)30-22-31(44-33(30)37-32)36(3,4)35(42)40-27-5-6-28(40)8-7-27;1-15-11-16(2)13-17(12-15)23-20(9-10-27)21-14-22(31-24(21)28-23)26(3,4)25(30)29-18-5-6-19(29)8-7-18;13-10(9-1-3-11-4-2-9)12-5-7-14-8-6-12;/h19-22,25,27-28,37H,5-18H2,1-4H3;11-14,18-19,28H,5-10H2,1-4H3;9,11H,1-8H2;1H. The third-order valence-electron chi connectivity index (χ3n) is 21.2. The SMILES string of the molecule is Cc1cc(C)cc(-c2[nH]c3sc(C(C)(C)C(=O)N4C5CCC4CC5)cc3c2CCCl)c1.Cc1cc(C)cc(-c2[nH]c3sc(C(C)(C)C(=O)N4C5CCC4CC5)cc3c2CCN2CCC(C(=O)N3CCOCC3)CC2)c1.Cl.O=C(C1CCNCC1)N1CCOCC1. The number of fused-ring (bicyclic) bond motifs is 6. The number of alkyl halides is 1. The second-order valence-corrected chi connectivity index (χ2v) is 30.7. The molecule has 0 radical (unpaired) electrons. The predicted octanol–water partition coefficient (Wildman–Crippen LogP) is 13.0. The number of thiophene rings is 2. The fourth-order valence-corrected chi connectivity index (χ4v) is 18.8. The van der Waals surface area contributed by atoms with Gasteiger partial charge in [0.1, 0.15) is 9.66 Å². The summed E-state index contributed by atoms with van der Waals surface area (Å²) in [5.74, 6) is 2.24. The van der Waals surface area contributed by atoms with Crippen LogP contribution < -0.4 is 5.32 Å². The lowest BCUT2D eigenvalue weighted by molar-refractivity contribution is -0.141. The minimum Gasteiger partial charge on any atom is -0.378 e. The number of carbonyl (C=O) groups is 4. The first-order chi connectivity index (χ1) is 42.9. The number of morpholine rings is 2. The summed E-state index contributed by atoms with van der Waals surface area (Å²) in [6, 6.07) is 19.8. The minimum absolute atomic E-state index is 0. The van der Waals surface area contributed by atoms with E-state index in [2.05, 4.69) is 134 Å². The first kappa shape index (κ1) is 66.7. The van der Waals surface area contributed by atoms with Crippen molar-refractivity contribution >= 4 is 90.7 Å². The van der Waals surface area contributed by atoms with Gasteiger partial charge in [-0.3, -0.25) is 19.2 Å². The van der Waals surface area contributed by atoms with Crippen molar-refractivity contribution in [1.29, 1.82) is 0 Å². The van der Waals surface area contributed by atoms with Gasteiger partial charge in [-0.15, -0.1) is 46.7 Å². The molecule has 4 amide bonds. The van der Waals surface area contributed by atoms with Crippen molar-refractivity contribution in [3.63, 3.8) is 0 Å². The molecule has 0 unspecified atom stereocenters. The van der Waals surface area contributed by atoms with Crippen LogP contribution in [0.1, 0.15) is 148 Å². The number of piperidine rings is 2. The molecule has 4 bridgehead atoms. The van der Waals surface area contributed by atoms with Crippen LogP contribution >= 0.6 is 46.7 Å². The molecule has 14 nitrogen and oxygen atoms in total. The number of hydrogen-bond donors (Lipinski definition) is 3. The summed E-state index contributed by atoms with van der Waals surface area (Å²) in [6.45, 7) is 27.7. The third kappa shape index (κ3) is 13.9. The molecule has 8 aliphatic rings. The Kier molecular flexibility index (Phi) is 21.1. The normalized spacial score (nSPS) is 22.5. The highest BCUT2D eigenvalue weighted by Crippen LogP contribution is 2.47. The third-order valence-corrected chi connectivity index (χ3v) is 24.1.